The zero-order valence-corrected chi connectivity index (χ0v) is 3.77. The van der Waals surface area contributed by atoms with Gasteiger partial charge in [-0.25, -0.2) is 10.1 Å². The molecule has 5 heavy (non-hydrogen) atoms. The third-order valence-corrected chi connectivity index (χ3v) is 0.386. The van der Waals surface area contributed by atoms with Crippen LogP contribution in [0.3, 0.4) is 0 Å². The number of hydrogen-bond acceptors (Lipinski definition) is 4. The molecular formula is CH6N2OS. The highest BCUT2D eigenvalue weighted by Crippen LogP contribution is 1.73. The number of rotatable bonds is 1. The second-order valence-electron chi connectivity index (χ2n) is 0.628. The Morgan fingerprint density at radius 3 is 2.20 bits per heavy atom. The van der Waals surface area contributed by atoms with Crippen LogP contribution in [0, 0.1) is 0 Å². The molecule has 0 aromatic heterocycles. The third-order valence-electron chi connectivity index (χ3n) is 0.129. The topological polar surface area (TPSA) is 38.5 Å². The Bertz CT molecular complexity index is 23.6. The van der Waals surface area contributed by atoms with E-state index >= 15 is 0 Å². The molecule has 0 spiro atoms. The molecule has 0 unspecified atom stereocenters. The second kappa shape index (κ2) is 2.47. The minimum Gasteiger partial charge on any atom is -0.244 e. The fourth-order valence-electron chi connectivity index (χ4n) is 0. The van der Waals surface area contributed by atoms with Gasteiger partial charge >= 0.3 is 0 Å². The van der Waals surface area contributed by atoms with Crippen molar-refractivity contribution in [1.29, 1.82) is 0 Å². The van der Waals surface area contributed by atoms with Gasteiger partial charge in [-0.2, -0.15) is 0 Å². The zero-order chi connectivity index (χ0) is 4.28. The lowest BCUT2D eigenvalue weighted by atomic mass is 11.5. The molecule has 32 valence electrons. The monoisotopic (exact) mass is 94.0 g/mol. The Kier molecular flexibility index (Phi) is 2.58. The summed E-state index contributed by atoms with van der Waals surface area (Å²) in [6.45, 7) is 0. The van der Waals surface area contributed by atoms with Crippen LogP contribution in [0.2, 0.25) is 0 Å². The van der Waals surface area contributed by atoms with E-state index in [1.165, 1.54) is 7.05 Å². The molecule has 2 N–H and O–H groups in total. The Hall–Kier alpha value is 0.230. The average molecular weight is 94.1 g/mol. The summed E-state index contributed by atoms with van der Waals surface area (Å²) in [5.74, 6) is 4.83. The summed E-state index contributed by atoms with van der Waals surface area (Å²) < 4.78 is 4.06. The summed E-state index contributed by atoms with van der Waals surface area (Å²) in [6, 6.07) is 0. The van der Waals surface area contributed by atoms with E-state index in [1.54, 1.807) is 0 Å². The standard InChI is InChI=1S/CH6N2OS/c1-3(2)4-5/h5H,2H2,1H3. The summed E-state index contributed by atoms with van der Waals surface area (Å²) in [6.07, 6.45) is 0. The van der Waals surface area contributed by atoms with Crippen LogP contribution >= 0.6 is 12.9 Å². The fraction of sp³-hybridized carbons (Fsp3) is 1.00. The lowest BCUT2D eigenvalue weighted by Crippen LogP contribution is -2.21. The first kappa shape index (κ1) is 5.23. The molecule has 0 aromatic rings. The van der Waals surface area contributed by atoms with E-state index in [4.69, 9.17) is 5.84 Å². The normalized spacial score (nSPS) is 9.60. The van der Waals surface area contributed by atoms with Crippen LogP contribution in [-0.4, -0.2) is 12.2 Å². The van der Waals surface area contributed by atoms with E-state index in [2.05, 4.69) is 17.2 Å². The molecule has 0 aliphatic carbocycles. The van der Waals surface area contributed by atoms with E-state index in [-0.39, 0.29) is 0 Å². The number of hydroxylamine groups is 1. The Balaban J connectivity index is 2.54. The van der Waals surface area contributed by atoms with E-state index in [9.17, 15) is 0 Å². The zero-order valence-electron chi connectivity index (χ0n) is 2.88. The number of hydrogen-bond donors (Lipinski definition) is 2. The summed E-state index contributed by atoms with van der Waals surface area (Å²) in [4.78, 5) is 0. The van der Waals surface area contributed by atoms with Crippen molar-refractivity contribution in [2.45, 2.75) is 0 Å². The van der Waals surface area contributed by atoms with Gasteiger partial charge in [-0.1, -0.05) is 0 Å². The van der Waals surface area contributed by atoms with Crippen LogP contribution in [-0.2, 0) is 4.28 Å². The number of thiol groups is 1. The maximum Gasteiger partial charge on any atom is 0.0298 e. The van der Waals surface area contributed by atoms with Crippen LogP contribution in [0.5, 0.6) is 0 Å². The van der Waals surface area contributed by atoms with Gasteiger partial charge in [0.2, 0.25) is 0 Å². The van der Waals surface area contributed by atoms with Crippen molar-refractivity contribution in [2.24, 2.45) is 5.84 Å². The molecule has 4 heteroatoms. The smallest absolute Gasteiger partial charge is 0.0298 e. The highest BCUT2D eigenvalue weighted by molar-refractivity contribution is 7.75. The van der Waals surface area contributed by atoms with Gasteiger partial charge in [-0.15, -0.1) is 5.17 Å². The van der Waals surface area contributed by atoms with Gasteiger partial charge in [-0.05, 0) is 0 Å². The van der Waals surface area contributed by atoms with Crippen molar-refractivity contribution < 1.29 is 4.28 Å². The Morgan fingerprint density at radius 2 is 2.20 bits per heavy atom. The lowest BCUT2D eigenvalue weighted by molar-refractivity contribution is -0.00545. The molecule has 0 saturated heterocycles. The Morgan fingerprint density at radius 1 is 2.00 bits per heavy atom. The maximum absolute atomic E-state index is 4.83. The van der Waals surface area contributed by atoms with Crippen molar-refractivity contribution in [2.75, 3.05) is 7.05 Å². The molecule has 0 fully saturated rings. The van der Waals surface area contributed by atoms with Gasteiger partial charge in [0, 0.05) is 20.0 Å². The van der Waals surface area contributed by atoms with Crippen molar-refractivity contribution in [1.82, 2.24) is 5.17 Å². The predicted octanol–water partition coefficient (Wildman–Crippen LogP) is -0.432. The minimum atomic E-state index is 0.989. The van der Waals surface area contributed by atoms with Gasteiger partial charge in [0.05, 0.1) is 0 Å². The molecule has 0 atom stereocenters. The molecule has 0 radical (unpaired) electrons. The van der Waals surface area contributed by atoms with Crippen LogP contribution < -0.4 is 5.84 Å². The molecule has 0 aliphatic rings. The first-order chi connectivity index (χ1) is 2.27. The first-order valence-electron chi connectivity index (χ1n) is 1.07. The van der Waals surface area contributed by atoms with E-state index in [0.29, 0.717) is 0 Å². The third kappa shape index (κ3) is 4.23. The highest BCUT2D eigenvalue weighted by atomic mass is 32.1. The summed E-state index contributed by atoms with van der Waals surface area (Å²) in [5.41, 5.74) is 0. The molecule has 0 rings (SSSR count). The van der Waals surface area contributed by atoms with Crippen molar-refractivity contribution >= 4 is 12.9 Å². The average Bonchev–Trinajstić information content (AvgIpc) is 1.38. The molecule has 0 amide bonds. The quantitative estimate of drug-likeness (QED) is 0.200. The summed E-state index contributed by atoms with van der Waals surface area (Å²) >= 11 is 3.32. The van der Waals surface area contributed by atoms with Gasteiger partial charge in [0.25, 0.3) is 0 Å². The first-order valence-corrected chi connectivity index (χ1v) is 1.44. The van der Waals surface area contributed by atoms with Crippen LogP contribution in [0.15, 0.2) is 0 Å². The van der Waals surface area contributed by atoms with Crippen molar-refractivity contribution in [3.63, 3.8) is 0 Å². The van der Waals surface area contributed by atoms with E-state index < -0.39 is 0 Å². The molecule has 0 aromatic carbocycles. The molecule has 0 saturated carbocycles. The molecule has 0 heterocycles. The number of nitrogens with two attached hydrogens (primary N) is 1. The van der Waals surface area contributed by atoms with E-state index in [1.807, 2.05) is 0 Å². The van der Waals surface area contributed by atoms with Crippen molar-refractivity contribution in [3.8, 4) is 0 Å². The number of hydrazine groups is 1. The molecule has 0 aliphatic heterocycles. The molecule has 3 nitrogen and oxygen atoms in total. The highest BCUT2D eigenvalue weighted by Gasteiger charge is 1.72. The SMILES string of the molecule is CN(N)OS. The van der Waals surface area contributed by atoms with Gasteiger partial charge in [0.15, 0.2) is 0 Å². The van der Waals surface area contributed by atoms with Crippen LogP contribution in [0.1, 0.15) is 0 Å². The van der Waals surface area contributed by atoms with Crippen molar-refractivity contribution in [3.05, 3.63) is 0 Å². The maximum atomic E-state index is 4.83. The number of nitrogens with zero attached hydrogens (tertiary/aromatic N) is 1. The lowest BCUT2D eigenvalue weighted by Gasteiger charge is -1.98. The molecular weight excluding hydrogens is 88.1 g/mol. The van der Waals surface area contributed by atoms with Gasteiger partial charge in [0.1, 0.15) is 0 Å². The largest absolute Gasteiger partial charge is 0.244 e. The fourth-order valence-corrected chi connectivity index (χ4v) is 0. The predicted molar refractivity (Wildman–Crippen MR) is 22.0 cm³/mol. The second-order valence-corrected chi connectivity index (χ2v) is 0.791. The van der Waals surface area contributed by atoms with Crippen LogP contribution in [0.4, 0.5) is 0 Å². The van der Waals surface area contributed by atoms with Gasteiger partial charge < -0.3 is 0 Å². The summed E-state index contributed by atoms with van der Waals surface area (Å²) in [7, 11) is 1.53. The van der Waals surface area contributed by atoms with Crippen LogP contribution in [0.25, 0.3) is 0 Å². The Labute approximate surface area is 36.2 Å². The van der Waals surface area contributed by atoms with Gasteiger partial charge in [-0.3, -0.25) is 0 Å². The van der Waals surface area contributed by atoms with E-state index in [0.717, 1.165) is 5.17 Å². The summed E-state index contributed by atoms with van der Waals surface area (Å²) in [5, 5.41) is 0.989. The molecule has 0 bridgehead atoms. The minimum absolute atomic E-state index is 0.989.